The van der Waals surface area contributed by atoms with Crippen LogP contribution in [0.15, 0.2) is 12.3 Å². The molecule has 0 saturated carbocycles. The number of aromatic nitrogens is 1. The molecular weight excluding hydrogens is 152 g/mol. The van der Waals surface area contributed by atoms with Gasteiger partial charge in [-0.05, 0) is 6.07 Å². The van der Waals surface area contributed by atoms with Gasteiger partial charge in [0.2, 0.25) is 0 Å². The van der Waals surface area contributed by atoms with Gasteiger partial charge >= 0.3 is 0 Å². The molecule has 0 amide bonds. The zero-order valence-corrected chi connectivity index (χ0v) is 6.10. The lowest BCUT2D eigenvalue weighted by molar-refractivity contribution is 0.187. The van der Waals surface area contributed by atoms with Gasteiger partial charge in [-0.3, -0.25) is 0 Å². The summed E-state index contributed by atoms with van der Waals surface area (Å²) in [6, 6.07) is 1.65. The molecule has 1 atom stereocenters. The quantitative estimate of drug-likeness (QED) is 0.595. The molecule has 0 spiro atoms. The molecule has 0 radical (unpaired) electrons. The normalized spacial score (nSPS) is 13.5. The number of aromatic amines is 1. The van der Waals surface area contributed by atoms with Crippen LogP contribution in [0.2, 0.25) is 5.15 Å². The van der Waals surface area contributed by atoms with Gasteiger partial charge < -0.3 is 15.8 Å². The number of halogens is 1. The maximum absolute atomic E-state index is 9.14. The van der Waals surface area contributed by atoms with Crippen LogP contribution in [-0.2, 0) is 0 Å². The lowest BCUT2D eigenvalue weighted by Gasteiger charge is -2.01. The van der Waals surface area contributed by atoms with Gasteiger partial charge in [-0.1, -0.05) is 11.6 Å². The number of aliphatic hydroxyl groups is 1. The van der Waals surface area contributed by atoms with E-state index >= 15 is 0 Å². The lowest BCUT2D eigenvalue weighted by atomic mass is 10.2. The first-order valence-corrected chi connectivity index (χ1v) is 3.34. The predicted octanol–water partition coefficient (Wildman–Crippen LogP) is 0.660. The molecule has 4 heteroatoms. The molecule has 1 rings (SSSR count). The second kappa shape index (κ2) is 3.05. The highest BCUT2D eigenvalue weighted by molar-refractivity contribution is 6.29. The average Bonchev–Trinajstić information content (AvgIpc) is 2.34. The summed E-state index contributed by atoms with van der Waals surface area (Å²) in [5.41, 5.74) is 5.94. The average molecular weight is 161 g/mol. The molecule has 1 unspecified atom stereocenters. The molecule has 10 heavy (non-hydrogen) atoms. The minimum Gasteiger partial charge on any atom is -0.387 e. The molecule has 0 saturated heterocycles. The Morgan fingerprint density at radius 2 is 2.50 bits per heavy atom. The zero-order valence-electron chi connectivity index (χ0n) is 5.34. The van der Waals surface area contributed by atoms with E-state index in [-0.39, 0.29) is 6.54 Å². The number of rotatable bonds is 2. The Morgan fingerprint density at radius 3 is 2.90 bits per heavy atom. The third-order valence-corrected chi connectivity index (χ3v) is 1.50. The first kappa shape index (κ1) is 7.60. The van der Waals surface area contributed by atoms with E-state index in [0.29, 0.717) is 5.15 Å². The summed E-state index contributed by atoms with van der Waals surface area (Å²) < 4.78 is 0. The van der Waals surface area contributed by atoms with E-state index in [2.05, 4.69) is 4.98 Å². The summed E-state index contributed by atoms with van der Waals surface area (Å²) in [5.74, 6) is 0. The van der Waals surface area contributed by atoms with Crippen LogP contribution in [-0.4, -0.2) is 16.6 Å². The number of aliphatic hydroxyl groups excluding tert-OH is 1. The molecule has 0 bridgehead atoms. The maximum Gasteiger partial charge on any atom is 0.106 e. The van der Waals surface area contributed by atoms with Crippen LogP contribution < -0.4 is 5.73 Å². The van der Waals surface area contributed by atoms with Crippen molar-refractivity contribution in [3.8, 4) is 0 Å². The zero-order chi connectivity index (χ0) is 7.56. The van der Waals surface area contributed by atoms with Gasteiger partial charge in [-0.2, -0.15) is 0 Å². The standard InChI is InChI=1S/C6H9ClN2O/c7-6-1-4(3-9-6)5(10)2-8/h1,3,5,9-10H,2,8H2. The van der Waals surface area contributed by atoms with E-state index in [1.807, 2.05) is 0 Å². The van der Waals surface area contributed by atoms with E-state index < -0.39 is 6.10 Å². The van der Waals surface area contributed by atoms with E-state index in [4.69, 9.17) is 22.4 Å². The van der Waals surface area contributed by atoms with Crippen LogP contribution in [0.25, 0.3) is 0 Å². The molecule has 3 nitrogen and oxygen atoms in total. The molecule has 1 aromatic rings. The maximum atomic E-state index is 9.14. The van der Waals surface area contributed by atoms with Gasteiger partial charge in [0, 0.05) is 18.3 Å². The largest absolute Gasteiger partial charge is 0.387 e. The Balaban J connectivity index is 2.74. The molecule has 0 aliphatic heterocycles. The second-order valence-electron chi connectivity index (χ2n) is 2.03. The van der Waals surface area contributed by atoms with Crippen LogP contribution in [0.3, 0.4) is 0 Å². The van der Waals surface area contributed by atoms with Gasteiger partial charge in [0.1, 0.15) is 5.15 Å². The molecule has 0 aliphatic carbocycles. The SMILES string of the molecule is NCC(O)c1c[nH]c(Cl)c1. The Bertz CT molecular complexity index is 211. The van der Waals surface area contributed by atoms with Crippen LogP contribution in [0.4, 0.5) is 0 Å². The van der Waals surface area contributed by atoms with E-state index in [1.54, 1.807) is 12.3 Å². The van der Waals surface area contributed by atoms with Crippen molar-refractivity contribution in [3.05, 3.63) is 23.0 Å². The topological polar surface area (TPSA) is 62.0 Å². The van der Waals surface area contributed by atoms with Gasteiger partial charge in [0.05, 0.1) is 6.10 Å². The summed E-state index contributed by atoms with van der Waals surface area (Å²) in [6.07, 6.45) is 1.03. The highest BCUT2D eigenvalue weighted by Crippen LogP contribution is 2.15. The van der Waals surface area contributed by atoms with Crippen LogP contribution >= 0.6 is 11.6 Å². The molecule has 56 valence electrons. The summed E-state index contributed by atoms with van der Waals surface area (Å²) in [5, 5.41) is 9.66. The number of nitrogens with one attached hydrogen (secondary N) is 1. The van der Waals surface area contributed by atoms with Crippen molar-refractivity contribution in [1.82, 2.24) is 4.98 Å². The number of nitrogens with two attached hydrogens (primary N) is 1. The van der Waals surface area contributed by atoms with Crippen molar-refractivity contribution in [2.24, 2.45) is 5.73 Å². The molecule has 1 aromatic heterocycles. The molecule has 0 aromatic carbocycles. The van der Waals surface area contributed by atoms with Gasteiger partial charge in [-0.25, -0.2) is 0 Å². The summed E-state index contributed by atoms with van der Waals surface area (Å²) in [6.45, 7) is 0.216. The smallest absolute Gasteiger partial charge is 0.106 e. The van der Waals surface area contributed by atoms with Gasteiger partial charge in [0.25, 0.3) is 0 Å². The van der Waals surface area contributed by atoms with Gasteiger partial charge in [0.15, 0.2) is 0 Å². The van der Waals surface area contributed by atoms with Crippen molar-refractivity contribution in [2.45, 2.75) is 6.10 Å². The second-order valence-corrected chi connectivity index (χ2v) is 2.44. The minimum atomic E-state index is -0.608. The van der Waals surface area contributed by atoms with Crippen LogP contribution in [0, 0.1) is 0 Å². The van der Waals surface area contributed by atoms with Crippen molar-refractivity contribution in [2.75, 3.05) is 6.54 Å². The number of H-pyrrole nitrogens is 1. The molecule has 4 N–H and O–H groups in total. The molecule has 1 heterocycles. The van der Waals surface area contributed by atoms with Crippen molar-refractivity contribution in [1.29, 1.82) is 0 Å². The first-order chi connectivity index (χ1) is 4.74. The van der Waals surface area contributed by atoms with Gasteiger partial charge in [-0.15, -0.1) is 0 Å². The van der Waals surface area contributed by atoms with E-state index in [0.717, 1.165) is 5.56 Å². The van der Waals surface area contributed by atoms with Crippen LogP contribution in [0.1, 0.15) is 11.7 Å². The lowest BCUT2D eigenvalue weighted by Crippen LogP contribution is -2.10. The molecule has 0 aliphatic rings. The van der Waals surface area contributed by atoms with E-state index in [1.165, 1.54) is 0 Å². The summed E-state index contributed by atoms with van der Waals surface area (Å²) in [4.78, 5) is 2.73. The Labute approximate surface area is 63.8 Å². The highest BCUT2D eigenvalue weighted by Gasteiger charge is 2.05. The third-order valence-electron chi connectivity index (χ3n) is 1.28. The monoisotopic (exact) mass is 160 g/mol. The Kier molecular flexibility index (Phi) is 2.32. The fourth-order valence-electron chi connectivity index (χ4n) is 0.710. The van der Waals surface area contributed by atoms with Crippen molar-refractivity contribution in [3.63, 3.8) is 0 Å². The minimum absolute atomic E-state index is 0.216. The van der Waals surface area contributed by atoms with Crippen molar-refractivity contribution >= 4 is 11.6 Å². The van der Waals surface area contributed by atoms with Crippen molar-refractivity contribution < 1.29 is 5.11 Å². The van der Waals surface area contributed by atoms with Crippen LogP contribution in [0.5, 0.6) is 0 Å². The predicted molar refractivity (Wildman–Crippen MR) is 39.8 cm³/mol. The summed E-state index contributed by atoms with van der Waals surface area (Å²) in [7, 11) is 0. The third kappa shape index (κ3) is 1.50. The Hall–Kier alpha value is -0.510. The highest BCUT2D eigenvalue weighted by atomic mass is 35.5. The first-order valence-electron chi connectivity index (χ1n) is 2.96. The summed E-state index contributed by atoms with van der Waals surface area (Å²) >= 11 is 5.55. The fraction of sp³-hybridized carbons (Fsp3) is 0.333. The van der Waals surface area contributed by atoms with E-state index in [9.17, 15) is 0 Å². The fourth-order valence-corrected chi connectivity index (χ4v) is 0.891. The number of hydrogen-bond donors (Lipinski definition) is 3. The molecular formula is C6H9ClN2O. The Morgan fingerprint density at radius 1 is 1.80 bits per heavy atom. The molecule has 0 fully saturated rings. The number of hydrogen-bond acceptors (Lipinski definition) is 2.